The molecule has 0 aliphatic carbocycles. The predicted octanol–water partition coefficient (Wildman–Crippen LogP) is 4.66. The van der Waals surface area contributed by atoms with E-state index in [1.807, 2.05) is 6.92 Å². The quantitative estimate of drug-likeness (QED) is 0.784. The molecular formula is C22H21F3N2O3. The lowest BCUT2D eigenvalue weighted by Crippen LogP contribution is -2.37. The van der Waals surface area contributed by atoms with Gasteiger partial charge in [0, 0.05) is 12.0 Å². The Kier molecular flexibility index (Phi) is 5.42. The van der Waals surface area contributed by atoms with E-state index in [-0.39, 0.29) is 23.4 Å². The van der Waals surface area contributed by atoms with Crippen LogP contribution in [0.3, 0.4) is 0 Å². The van der Waals surface area contributed by atoms with Crippen LogP contribution in [-0.4, -0.2) is 28.6 Å². The highest BCUT2D eigenvalue weighted by atomic mass is 19.4. The van der Waals surface area contributed by atoms with Crippen molar-refractivity contribution in [3.63, 3.8) is 0 Å². The van der Waals surface area contributed by atoms with Crippen molar-refractivity contribution in [1.29, 1.82) is 5.26 Å². The minimum atomic E-state index is -4.71. The smallest absolute Gasteiger partial charge is 0.417 e. The maximum absolute atomic E-state index is 13.2. The molecule has 0 bridgehead atoms. The molecule has 0 aromatic heterocycles. The molecule has 1 amide bonds. The van der Waals surface area contributed by atoms with E-state index in [2.05, 4.69) is 0 Å². The first-order valence-corrected chi connectivity index (χ1v) is 9.31. The van der Waals surface area contributed by atoms with Crippen molar-refractivity contribution >= 4 is 5.91 Å². The second kappa shape index (κ2) is 7.56. The molecule has 0 radical (unpaired) electrons. The number of carbonyl (C=O) groups is 1. The fourth-order valence-electron chi connectivity index (χ4n) is 3.65. The van der Waals surface area contributed by atoms with E-state index in [0.29, 0.717) is 6.54 Å². The van der Waals surface area contributed by atoms with Crippen LogP contribution in [0.15, 0.2) is 42.5 Å². The van der Waals surface area contributed by atoms with Crippen LogP contribution in [0, 0.1) is 16.7 Å². The molecule has 1 aliphatic heterocycles. The Balaban J connectivity index is 1.88. The maximum atomic E-state index is 13.2. The Morgan fingerprint density at radius 2 is 1.97 bits per heavy atom. The van der Waals surface area contributed by atoms with Gasteiger partial charge in [-0.05, 0) is 42.8 Å². The molecule has 1 saturated heterocycles. The molecule has 5 nitrogen and oxygen atoms in total. The lowest BCUT2D eigenvalue weighted by molar-refractivity contribution is -0.138. The summed E-state index contributed by atoms with van der Waals surface area (Å²) in [6.07, 6.45) is -5.71. The number of phenolic OH excluding ortho intramolecular Hbond substituents is 1. The van der Waals surface area contributed by atoms with Gasteiger partial charge in [0.25, 0.3) is 5.91 Å². The number of amides is 1. The number of nitriles is 1. The molecule has 1 fully saturated rings. The lowest BCUT2D eigenvalue weighted by Gasteiger charge is -2.26. The molecule has 1 aliphatic rings. The summed E-state index contributed by atoms with van der Waals surface area (Å²) in [5.41, 5.74) is -1.55. The minimum Gasteiger partial charge on any atom is -0.508 e. The number of ether oxygens (including phenoxy) is 1. The van der Waals surface area contributed by atoms with E-state index >= 15 is 0 Å². The summed E-state index contributed by atoms with van der Waals surface area (Å²) >= 11 is 0. The summed E-state index contributed by atoms with van der Waals surface area (Å²) in [7, 11) is 0. The van der Waals surface area contributed by atoms with Crippen LogP contribution in [-0.2, 0) is 11.0 Å². The fourth-order valence-corrected chi connectivity index (χ4v) is 3.65. The van der Waals surface area contributed by atoms with Gasteiger partial charge < -0.3 is 14.7 Å². The molecule has 2 aromatic rings. The zero-order valence-corrected chi connectivity index (χ0v) is 16.7. The van der Waals surface area contributed by atoms with Crippen molar-refractivity contribution in [1.82, 2.24) is 4.90 Å². The van der Waals surface area contributed by atoms with Gasteiger partial charge in [-0.1, -0.05) is 26.0 Å². The van der Waals surface area contributed by atoms with Crippen LogP contribution in [0.5, 0.6) is 11.5 Å². The molecule has 2 aromatic carbocycles. The van der Waals surface area contributed by atoms with Gasteiger partial charge in [0.05, 0.1) is 23.2 Å². The summed E-state index contributed by atoms with van der Waals surface area (Å²) in [6, 6.07) is 10.8. The van der Waals surface area contributed by atoms with Crippen LogP contribution in [0.25, 0.3) is 0 Å². The number of hydrogen-bond donors (Lipinski definition) is 1. The first kappa shape index (κ1) is 21.5. The Hall–Kier alpha value is -3.21. The van der Waals surface area contributed by atoms with Gasteiger partial charge in [-0.3, -0.25) is 4.79 Å². The lowest BCUT2D eigenvalue weighted by atomic mass is 9.89. The number of nitrogens with zero attached hydrogens (tertiary/aromatic N) is 2. The number of phenols is 1. The molecule has 30 heavy (non-hydrogen) atoms. The molecule has 0 spiro atoms. The zero-order valence-electron chi connectivity index (χ0n) is 16.7. The topological polar surface area (TPSA) is 73.6 Å². The van der Waals surface area contributed by atoms with E-state index in [1.54, 1.807) is 36.9 Å². The highest BCUT2D eigenvalue weighted by Gasteiger charge is 2.49. The first-order chi connectivity index (χ1) is 13.9. The number of likely N-dealkylation sites (tertiary alicyclic amines) is 1. The van der Waals surface area contributed by atoms with Crippen LogP contribution in [0.1, 0.15) is 43.5 Å². The van der Waals surface area contributed by atoms with Gasteiger partial charge in [-0.25, -0.2) is 0 Å². The van der Waals surface area contributed by atoms with Crippen molar-refractivity contribution < 1.29 is 27.8 Å². The second-order valence-corrected chi connectivity index (χ2v) is 8.04. The van der Waals surface area contributed by atoms with E-state index in [4.69, 9.17) is 10.00 Å². The summed E-state index contributed by atoms with van der Waals surface area (Å²) in [4.78, 5) is 14.7. The second-order valence-electron chi connectivity index (χ2n) is 8.04. The maximum Gasteiger partial charge on any atom is 0.417 e. The number of alkyl halides is 3. The van der Waals surface area contributed by atoms with Crippen molar-refractivity contribution in [3.05, 3.63) is 59.2 Å². The van der Waals surface area contributed by atoms with E-state index < -0.39 is 28.8 Å². The predicted molar refractivity (Wildman–Crippen MR) is 103 cm³/mol. The third-order valence-electron chi connectivity index (χ3n) is 5.29. The van der Waals surface area contributed by atoms with Crippen molar-refractivity contribution in [2.24, 2.45) is 5.41 Å². The summed E-state index contributed by atoms with van der Waals surface area (Å²) in [5, 5.41) is 18.6. The largest absolute Gasteiger partial charge is 0.508 e. The third kappa shape index (κ3) is 4.06. The molecule has 1 N–H and O–H groups in total. The molecule has 3 rings (SSSR count). The number of halogens is 3. The van der Waals surface area contributed by atoms with Crippen molar-refractivity contribution in [2.45, 2.75) is 39.1 Å². The highest BCUT2D eigenvalue weighted by Crippen LogP contribution is 2.40. The number of benzene rings is 2. The van der Waals surface area contributed by atoms with Gasteiger partial charge in [0.2, 0.25) is 0 Å². The van der Waals surface area contributed by atoms with Crippen LogP contribution >= 0.6 is 0 Å². The van der Waals surface area contributed by atoms with Gasteiger partial charge in [0.1, 0.15) is 11.5 Å². The number of rotatable bonds is 4. The van der Waals surface area contributed by atoms with Crippen molar-refractivity contribution in [2.75, 3.05) is 6.54 Å². The van der Waals surface area contributed by atoms with E-state index in [0.717, 1.165) is 17.7 Å². The average molecular weight is 418 g/mol. The van der Waals surface area contributed by atoms with Crippen LogP contribution < -0.4 is 4.74 Å². The molecular weight excluding hydrogens is 397 g/mol. The highest BCUT2D eigenvalue weighted by molar-refractivity contribution is 5.85. The van der Waals surface area contributed by atoms with Gasteiger partial charge >= 0.3 is 6.18 Å². The molecule has 1 heterocycles. The normalized spacial score (nSPS) is 19.4. The van der Waals surface area contributed by atoms with E-state index in [9.17, 15) is 23.1 Å². The van der Waals surface area contributed by atoms with Gasteiger partial charge in [-0.15, -0.1) is 0 Å². The zero-order chi connectivity index (χ0) is 22.3. The number of aromatic hydroxyl groups is 1. The SMILES string of the molecule is C[C@@H](c1cccc(O)c1)N1CC(C)(C)[C@@H](Oc2ccc(C#N)c(C(F)(F)F)c2)C1=O. The van der Waals surface area contributed by atoms with Crippen LogP contribution in [0.4, 0.5) is 13.2 Å². The monoisotopic (exact) mass is 418 g/mol. The Bertz CT molecular complexity index is 1010. The van der Waals surface area contributed by atoms with Crippen LogP contribution in [0.2, 0.25) is 0 Å². The van der Waals surface area contributed by atoms with Gasteiger partial charge in [-0.2, -0.15) is 18.4 Å². The fraction of sp³-hybridized carbons (Fsp3) is 0.364. The van der Waals surface area contributed by atoms with Gasteiger partial charge in [0.15, 0.2) is 6.10 Å². The molecule has 8 heteroatoms. The summed E-state index contributed by atoms with van der Waals surface area (Å²) in [5.74, 6) is -0.399. The Labute approximate surface area is 172 Å². The molecule has 0 unspecified atom stereocenters. The standard InChI is InChI=1S/C22H21F3N2O3/c1-13(14-5-4-6-16(28)9-14)27-12-21(2,3)19(20(27)29)30-17-8-7-15(11-26)18(10-17)22(23,24)25/h4-10,13,19,28H,12H2,1-3H3/t13-,19-/m0/s1. The number of carbonyl (C=O) groups excluding carboxylic acids is 1. The molecule has 2 atom stereocenters. The Morgan fingerprint density at radius 1 is 1.27 bits per heavy atom. The Morgan fingerprint density at radius 3 is 2.57 bits per heavy atom. The van der Waals surface area contributed by atoms with E-state index in [1.165, 1.54) is 18.2 Å². The molecule has 0 saturated carbocycles. The third-order valence-corrected chi connectivity index (χ3v) is 5.29. The summed E-state index contributed by atoms with van der Waals surface area (Å²) in [6.45, 7) is 5.75. The first-order valence-electron chi connectivity index (χ1n) is 9.31. The minimum absolute atomic E-state index is 0.0790. The average Bonchev–Trinajstić information content (AvgIpc) is 2.90. The number of hydrogen-bond acceptors (Lipinski definition) is 4. The van der Waals surface area contributed by atoms with Crippen molar-refractivity contribution in [3.8, 4) is 17.6 Å². The summed E-state index contributed by atoms with van der Waals surface area (Å²) < 4.78 is 45.5. The molecule has 158 valence electrons.